The average Bonchev–Trinajstić information content (AvgIpc) is 2.94. The Hall–Kier alpha value is -1.77. The molecule has 0 aliphatic rings. The molecule has 0 radical (unpaired) electrons. The van der Waals surface area contributed by atoms with Gasteiger partial charge in [-0.2, -0.15) is 0 Å². The maximum atomic E-state index is 12.7. The van der Waals surface area contributed by atoms with Crippen molar-refractivity contribution in [2.45, 2.75) is 14.9 Å². The van der Waals surface area contributed by atoms with Crippen LogP contribution < -0.4 is 4.72 Å². The Bertz CT molecular complexity index is 971. The first-order valence-corrected chi connectivity index (χ1v) is 10.1. The highest BCUT2D eigenvalue weighted by Crippen LogP contribution is 2.34. The van der Waals surface area contributed by atoms with E-state index in [1.165, 1.54) is 11.8 Å². The zero-order valence-electron chi connectivity index (χ0n) is 12.7. The first-order valence-electron chi connectivity index (χ1n) is 6.99. The zero-order valence-corrected chi connectivity index (χ0v) is 15.9. The molecule has 0 bridgehead atoms. The predicted octanol–water partition coefficient (Wildman–Crippen LogP) is 4.13. The third-order valence-corrected chi connectivity index (χ3v) is 6.77. The number of rotatable bonds is 5. The second kappa shape index (κ2) is 7.00. The quantitative estimate of drug-likeness (QED) is 0.669. The number of imidazole rings is 1. The Kier molecular flexibility index (Phi) is 4.98. The lowest BCUT2D eigenvalue weighted by Gasteiger charge is -2.13. The predicted molar refractivity (Wildman–Crippen MR) is 98.7 cm³/mol. The molecule has 2 aromatic carbocycles. The Balaban J connectivity index is 1.94. The van der Waals surface area contributed by atoms with Gasteiger partial charge in [-0.05, 0) is 52.0 Å². The summed E-state index contributed by atoms with van der Waals surface area (Å²) in [4.78, 5) is 5.24. The summed E-state index contributed by atoms with van der Waals surface area (Å²) in [5.41, 5.74) is 0.515. The first-order chi connectivity index (χ1) is 11.5. The lowest BCUT2D eigenvalue weighted by Crippen LogP contribution is -2.14. The van der Waals surface area contributed by atoms with Crippen LogP contribution in [-0.4, -0.2) is 18.0 Å². The largest absolute Gasteiger partial charge is 0.329 e. The fraction of sp³-hybridized carbons (Fsp3) is 0.0625. The number of nitrogens with one attached hydrogen (secondary N) is 1. The van der Waals surface area contributed by atoms with Crippen molar-refractivity contribution in [3.05, 3.63) is 65.4 Å². The van der Waals surface area contributed by atoms with Crippen molar-refractivity contribution in [3.63, 3.8) is 0 Å². The molecule has 124 valence electrons. The van der Waals surface area contributed by atoms with Crippen LogP contribution in [0.4, 0.5) is 5.69 Å². The van der Waals surface area contributed by atoms with Gasteiger partial charge in [-0.15, -0.1) is 0 Å². The van der Waals surface area contributed by atoms with E-state index in [1.807, 2.05) is 29.9 Å². The molecule has 0 fully saturated rings. The second-order valence-corrected chi connectivity index (χ2v) is 8.47. The summed E-state index contributed by atoms with van der Waals surface area (Å²) in [6.45, 7) is 0. The van der Waals surface area contributed by atoms with E-state index in [1.54, 1.807) is 42.6 Å². The highest BCUT2D eigenvalue weighted by Gasteiger charge is 2.19. The summed E-state index contributed by atoms with van der Waals surface area (Å²) in [6.07, 6.45) is 3.55. The summed E-state index contributed by atoms with van der Waals surface area (Å²) in [6, 6.07) is 14.0. The van der Waals surface area contributed by atoms with Gasteiger partial charge in [0, 0.05) is 28.8 Å². The van der Waals surface area contributed by atoms with E-state index in [0.717, 1.165) is 10.1 Å². The molecule has 0 aliphatic heterocycles. The monoisotopic (exact) mass is 423 g/mol. The molecule has 0 spiro atoms. The highest BCUT2D eigenvalue weighted by molar-refractivity contribution is 9.10. The Morgan fingerprint density at radius 2 is 1.83 bits per heavy atom. The van der Waals surface area contributed by atoms with E-state index in [-0.39, 0.29) is 4.90 Å². The van der Waals surface area contributed by atoms with E-state index < -0.39 is 10.0 Å². The van der Waals surface area contributed by atoms with Crippen LogP contribution in [0.15, 0.2) is 80.3 Å². The van der Waals surface area contributed by atoms with Gasteiger partial charge in [0.15, 0.2) is 5.16 Å². The number of nitrogens with zero attached hydrogens (tertiary/aromatic N) is 2. The first kappa shape index (κ1) is 17.1. The normalized spacial score (nSPS) is 11.4. The van der Waals surface area contributed by atoms with Gasteiger partial charge >= 0.3 is 0 Å². The fourth-order valence-electron chi connectivity index (χ4n) is 2.05. The van der Waals surface area contributed by atoms with Crippen LogP contribution >= 0.6 is 27.7 Å². The second-order valence-electron chi connectivity index (χ2n) is 4.95. The third-order valence-electron chi connectivity index (χ3n) is 3.24. The fourth-order valence-corrected chi connectivity index (χ4v) is 5.09. The van der Waals surface area contributed by atoms with Gasteiger partial charge < -0.3 is 4.57 Å². The lowest BCUT2D eigenvalue weighted by atomic mass is 10.3. The number of aryl methyl sites for hydroxylation is 1. The van der Waals surface area contributed by atoms with Gasteiger partial charge in [0.05, 0.1) is 5.69 Å². The number of hydrogen-bond acceptors (Lipinski definition) is 4. The summed E-state index contributed by atoms with van der Waals surface area (Å²) in [5.74, 6) is 0. The summed E-state index contributed by atoms with van der Waals surface area (Å²) < 4.78 is 30.4. The zero-order chi connectivity index (χ0) is 17.2. The van der Waals surface area contributed by atoms with Crippen LogP contribution in [0.1, 0.15) is 0 Å². The van der Waals surface area contributed by atoms with E-state index in [9.17, 15) is 8.42 Å². The molecule has 1 heterocycles. The van der Waals surface area contributed by atoms with E-state index in [2.05, 4.69) is 25.6 Å². The van der Waals surface area contributed by atoms with Gasteiger partial charge in [-0.1, -0.05) is 24.3 Å². The molecule has 0 amide bonds. The molecule has 1 aromatic heterocycles. The van der Waals surface area contributed by atoms with Gasteiger partial charge in [-0.25, -0.2) is 13.4 Å². The third kappa shape index (κ3) is 3.66. The SMILES string of the molecule is Cn1ccnc1Sc1ccccc1NS(=O)(=O)c1ccccc1Br. The van der Waals surface area contributed by atoms with Crippen molar-refractivity contribution in [1.82, 2.24) is 9.55 Å². The Morgan fingerprint density at radius 3 is 2.54 bits per heavy atom. The van der Waals surface area contributed by atoms with Crippen molar-refractivity contribution in [2.75, 3.05) is 4.72 Å². The van der Waals surface area contributed by atoms with Gasteiger partial charge in [0.25, 0.3) is 10.0 Å². The minimum atomic E-state index is -3.69. The maximum absolute atomic E-state index is 12.7. The van der Waals surface area contributed by atoms with Crippen LogP contribution in [0, 0.1) is 0 Å². The molecule has 0 atom stereocenters. The number of aromatic nitrogens is 2. The molecular formula is C16H14BrN3O2S2. The van der Waals surface area contributed by atoms with Crippen molar-refractivity contribution < 1.29 is 8.42 Å². The minimum absolute atomic E-state index is 0.196. The highest BCUT2D eigenvalue weighted by atomic mass is 79.9. The molecule has 0 saturated heterocycles. The molecular weight excluding hydrogens is 410 g/mol. The summed E-state index contributed by atoms with van der Waals surface area (Å²) in [5, 5.41) is 0.780. The Morgan fingerprint density at radius 1 is 1.12 bits per heavy atom. The number of para-hydroxylation sites is 1. The van der Waals surface area contributed by atoms with Gasteiger partial charge in [0.1, 0.15) is 4.90 Å². The molecule has 3 aromatic rings. The number of benzene rings is 2. The van der Waals surface area contributed by atoms with E-state index >= 15 is 0 Å². The molecule has 3 rings (SSSR count). The topological polar surface area (TPSA) is 64.0 Å². The summed E-state index contributed by atoms with van der Waals surface area (Å²) >= 11 is 4.69. The summed E-state index contributed by atoms with van der Waals surface area (Å²) in [7, 11) is -1.80. The van der Waals surface area contributed by atoms with Crippen LogP contribution in [0.3, 0.4) is 0 Å². The van der Waals surface area contributed by atoms with Crippen molar-refractivity contribution in [1.29, 1.82) is 0 Å². The lowest BCUT2D eigenvalue weighted by molar-refractivity contribution is 0.600. The standard InChI is InChI=1S/C16H14BrN3O2S2/c1-20-11-10-18-16(20)23-14-8-4-3-7-13(14)19-24(21,22)15-9-5-2-6-12(15)17/h2-11,19H,1H3. The molecule has 5 nitrogen and oxygen atoms in total. The van der Waals surface area contributed by atoms with Crippen LogP contribution in [0.25, 0.3) is 0 Å². The van der Waals surface area contributed by atoms with E-state index in [4.69, 9.17) is 0 Å². The molecule has 1 N–H and O–H groups in total. The number of anilines is 1. The van der Waals surface area contributed by atoms with Crippen molar-refractivity contribution in [2.24, 2.45) is 7.05 Å². The maximum Gasteiger partial charge on any atom is 0.263 e. The van der Waals surface area contributed by atoms with Crippen LogP contribution in [0.5, 0.6) is 0 Å². The minimum Gasteiger partial charge on any atom is -0.329 e. The number of halogens is 1. The average molecular weight is 424 g/mol. The molecule has 0 saturated carbocycles. The number of hydrogen-bond donors (Lipinski definition) is 1. The van der Waals surface area contributed by atoms with E-state index in [0.29, 0.717) is 10.2 Å². The molecule has 0 unspecified atom stereocenters. The van der Waals surface area contributed by atoms with Gasteiger partial charge in [0.2, 0.25) is 0 Å². The number of sulfonamides is 1. The molecule has 0 aliphatic carbocycles. The van der Waals surface area contributed by atoms with Crippen LogP contribution in [0.2, 0.25) is 0 Å². The Labute approximate surface area is 153 Å². The van der Waals surface area contributed by atoms with Crippen molar-refractivity contribution in [3.8, 4) is 0 Å². The van der Waals surface area contributed by atoms with Crippen LogP contribution in [-0.2, 0) is 17.1 Å². The smallest absolute Gasteiger partial charge is 0.263 e. The molecule has 24 heavy (non-hydrogen) atoms. The van der Waals surface area contributed by atoms with Crippen molar-refractivity contribution >= 4 is 43.4 Å². The molecule has 8 heteroatoms. The van der Waals surface area contributed by atoms with Gasteiger partial charge in [-0.3, -0.25) is 4.72 Å².